The highest BCUT2D eigenvalue weighted by atomic mass is 16.2. The lowest BCUT2D eigenvalue weighted by atomic mass is 10.2. The van der Waals surface area contributed by atoms with Crippen LogP contribution in [0.5, 0.6) is 0 Å². The summed E-state index contributed by atoms with van der Waals surface area (Å²) in [6.07, 6.45) is 4.99. The van der Waals surface area contributed by atoms with Crippen LogP contribution in [0.25, 0.3) is 6.08 Å². The Labute approximate surface area is 114 Å². The van der Waals surface area contributed by atoms with Crippen LogP contribution in [0.15, 0.2) is 51.0 Å². The molecule has 20 heavy (non-hydrogen) atoms. The second-order valence-electron chi connectivity index (χ2n) is 4.10. The molecule has 0 aliphatic rings. The number of anilines is 1. The Balaban J connectivity index is 2.25. The fourth-order valence-corrected chi connectivity index (χ4v) is 1.59. The van der Waals surface area contributed by atoms with Gasteiger partial charge in [-0.2, -0.15) is 0 Å². The molecule has 0 saturated carbocycles. The smallest absolute Gasteiger partial charge is 0.329 e. The summed E-state index contributed by atoms with van der Waals surface area (Å²) in [6.45, 7) is 0. The second kappa shape index (κ2) is 5.83. The third-order valence-electron chi connectivity index (χ3n) is 2.72. The predicted molar refractivity (Wildman–Crippen MR) is 80.3 cm³/mol. The van der Waals surface area contributed by atoms with E-state index < -0.39 is 11.2 Å². The molecule has 1 aromatic heterocycles. The summed E-state index contributed by atoms with van der Waals surface area (Å²) in [4.78, 5) is 29.0. The zero-order valence-electron chi connectivity index (χ0n) is 10.9. The van der Waals surface area contributed by atoms with E-state index in [-0.39, 0.29) is 11.5 Å². The molecule has 2 aromatic rings. The number of allylic oxidation sites excluding steroid dienone is 1. The molecule has 6 heteroatoms. The quantitative estimate of drug-likeness (QED) is 0.817. The third-order valence-corrected chi connectivity index (χ3v) is 2.72. The monoisotopic (exact) mass is 270 g/mol. The molecule has 0 spiro atoms. The molecule has 6 nitrogen and oxygen atoms in total. The summed E-state index contributed by atoms with van der Waals surface area (Å²) >= 11 is 0. The number of nitrogens with two attached hydrogens (primary N) is 1. The topological polar surface area (TPSA) is 93.2 Å². The standard InChI is InChI=1S/C14H14N4O2/c1-18-12(15)11(13(19)17-14(18)20)16-9-5-8-10-6-3-2-4-7-10/h2-9H,15H2,1H3,(H,17,19,20)/b8-5+,16-9?. The van der Waals surface area contributed by atoms with E-state index in [1.165, 1.54) is 13.3 Å². The van der Waals surface area contributed by atoms with E-state index in [0.717, 1.165) is 10.1 Å². The lowest BCUT2D eigenvalue weighted by molar-refractivity contribution is 0.814. The number of nitrogen functional groups attached to an aromatic ring is 1. The van der Waals surface area contributed by atoms with Crippen molar-refractivity contribution in [3.63, 3.8) is 0 Å². The largest absolute Gasteiger partial charge is 0.383 e. The highest BCUT2D eigenvalue weighted by Crippen LogP contribution is 2.11. The van der Waals surface area contributed by atoms with Crippen molar-refractivity contribution in [2.24, 2.45) is 12.0 Å². The minimum atomic E-state index is -0.602. The number of rotatable bonds is 3. The Kier molecular flexibility index (Phi) is 3.95. The van der Waals surface area contributed by atoms with Gasteiger partial charge in [-0.05, 0) is 11.6 Å². The average Bonchev–Trinajstić information content (AvgIpc) is 2.45. The van der Waals surface area contributed by atoms with E-state index in [1.807, 2.05) is 36.4 Å². The van der Waals surface area contributed by atoms with Crippen LogP contribution in [0.1, 0.15) is 5.56 Å². The molecule has 0 radical (unpaired) electrons. The molecular weight excluding hydrogens is 256 g/mol. The van der Waals surface area contributed by atoms with Crippen LogP contribution in [0.4, 0.5) is 11.5 Å². The van der Waals surface area contributed by atoms with Gasteiger partial charge in [0.05, 0.1) is 0 Å². The second-order valence-corrected chi connectivity index (χ2v) is 4.10. The average molecular weight is 270 g/mol. The van der Waals surface area contributed by atoms with E-state index in [1.54, 1.807) is 6.08 Å². The summed E-state index contributed by atoms with van der Waals surface area (Å²) in [6, 6.07) is 9.66. The molecule has 1 heterocycles. The predicted octanol–water partition coefficient (Wildman–Crippen LogP) is 1.07. The molecule has 0 fully saturated rings. The molecule has 0 saturated heterocycles. The minimum absolute atomic E-state index is 0.0183. The molecule has 0 atom stereocenters. The van der Waals surface area contributed by atoms with E-state index >= 15 is 0 Å². The number of nitrogens with one attached hydrogen (secondary N) is 1. The summed E-state index contributed by atoms with van der Waals surface area (Å²) < 4.78 is 1.13. The van der Waals surface area contributed by atoms with Crippen LogP contribution in [-0.2, 0) is 7.05 Å². The van der Waals surface area contributed by atoms with Crippen molar-refractivity contribution in [1.82, 2.24) is 9.55 Å². The van der Waals surface area contributed by atoms with Gasteiger partial charge in [0.1, 0.15) is 5.82 Å². The SMILES string of the molecule is Cn1c(N)c(N=C/C=C/c2ccccc2)c(=O)[nH]c1=O. The Morgan fingerprint density at radius 1 is 1.25 bits per heavy atom. The van der Waals surface area contributed by atoms with E-state index in [0.29, 0.717) is 0 Å². The van der Waals surface area contributed by atoms with Gasteiger partial charge in [-0.25, -0.2) is 9.79 Å². The molecule has 102 valence electrons. The van der Waals surface area contributed by atoms with Crippen molar-refractivity contribution < 1.29 is 0 Å². The number of aromatic amines is 1. The fourth-order valence-electron chi connectivity index (χ4n) is 1.59. The minimum Gasteiger partial charge on any atom is -0.383 e. The molecular formula is C14H14N4O2. The molecule has 0 amide bonds. The Morgan fingerprint density at radius 2 is 1.95 bits per heavy atom. The maximum atomic E-state index is 11.6. The third kappa shape index (κ3) is 2.92. The summed E-state index contributed by atoms with van der Waals surface area (Å²) in [7, 11) is 1.46. The summed E-state index contributed by atoms with van der Waals surface area (Å²) in [5.41, 5.74) is 5.55. The van der Waals surface area contributed by atoms with E-state index in [2.05, 4.69) is 9.98 Å². The number of nitrogens with zero attached hydrogens (tertiary/aromatic N) is 2. The molecule has 0 unspecified atom stereocenters. The van der Waals surface area contributed by atoms with Gasteiger partial charge in [0.25, 0.3) is 5.56 Å². The van der Waals surface area contributed by atoms with Crippen molar-refractivity contribution >= 4 is 23.8 Å². The van der Waals surface area contributed by atoms with Gasteiger partial charge in [-0.15, -0.1) is 0 Å². The molecule has 0 aliphatic carbocycles. The van der Waals surface area contributed by atoms with Gasteiger partial charge in [-0.1, -0.05) is 36.4 Å². The maximum absolute atomic E-state index is 11.6. The van der Waals surface area contributed by atoms with Crippen molar-refractivity contribution in [2.75, 3.05) is 5.73 Å². The number of H-pyrrole nitrogens is 1. The van der Waals surface area contributed by atoms with E-state index in [9.17, 15) is 9.59 Å². The zero-order valence-corrected chi connectivity index (χ0v) is 10.9. The number of benzene rings is 1. The normalized spacial score (nSPS) is 11.4. The number of aromatic nitrogens is 2. The van der Waals surface area contributed by atoms with Gasteiger partial charge in [0.2, 0.25) is 0 Å². The molecule has 1 aromatic carbocycles. The van der Waals surface area contributed by atoms with Crippen molar-refractivity contribution in [2.45, 2.75) is 0 Å². The maximum Gasteiger partial charge on any atom is 0.329 e. The van der Waals surface area contributed by atoms with Crippen molar-refractivity contribution in [1.29, 1.82) is 0 Å². The van der Waals surface area contributed by atoms with Crippen LogP contribution >= 0.6 is 0 Å². The van der Waals surface area contributed by atoms with E-state index in [4.69, 9.17) is 5.73 Å². The molecule has 3 N–H and O–H groups in total. The highest BCUT2D eigenvalue weighted by Gasteiger charge is 2.07. The first-order valence-electron chi connectivity index (χ1n) is 5.94. The Morgan fingerprint density at radius 3 is 2.65 bits per heavy atom. The van der Waals surface area contributed by atoms with Crippen LogP contribution in [0, 0.1) is 0 Å². The van der Waals surface area contributed by atoms with Crippen LogP contribution in [0.2, 0.25) is 0 Å². The highest BCUT2D eigenvalue weighted by molar-refractivity contribution is 5.81. The fraction of sp³-hybridized carbons (Fsp3) is 0.0714. The number of aliphatic imine (C=N–C) groups is 1. The van der Waals surface area contributed by atoms with Crippen molar-refractivity contribution in [3.8, 4) is 0 Å². The van der Waals surface area contributed by atoms with Crippen molar-refractivity contribution in [3.05, 3.63) is 62.8 Å². The first-order valence-corrected chi connectivity index (χ1v) is 5.94. The lowest BCUT2D eigenvalue weighted by Crippen LogP contribution is -2.29. The Bertz CT molecular complexity index is 770. The number of hydrogen-bond acceptors (Lipinski definition) is 4. The zero-order chi connectivity index (χ0) is 14.5. The molecule has 0 aliphatic heterocycles. The van der Waals surface area contributed by atoms with Crippen LogP contribution < -0.4 is 17.0 Å². The molecule has 2 rings (SSSR count). The van der Waals surface area contributed by atoms with Crippen LogP contribution in [-0.4, -0.2) is 15.8 Å². The van der Waals surface area contributed by atoms with Gasteiger partial charge in [0.15, 0.2) is 5.69 Å². The lowest BCUT2D eigenvalue weighted by Gasteiger charge is -2.03. The van der Waals surface area contributed by atoms with Gasteiger partial charge >= 0.3 is 5.69 Å². The number of hydrogen-bond donors (Lipinski definition) is 2. The Hall–Kier alpha value is -2.89. The van der Waals surface area contributed by atoms with Gasteiger partial charge < -0.3 is 5.73 Å². The van der Waals surface area contributed by atoms with Gasteiger partial charge in [0, 0.05) is 13.3 Å². The molecule has 0 bridgehead atoms. The first kappa shape index (κ1) is 13.5. The first-order chi connectivity index (χ1) is 9.59. The summed E-state index contributed by atoms with van der Waals surface area (Å²) in [5.74, 6) is 0.0307. The van der Waals surface area contributed by atoms with Gasteiger partial charge in [-0.3, -0.25) is 14.3 Å². The summed E-state index contributed by atoms with van der Waals surface area (Å²) in [5, 5.41) is 0. The van der Waals surface area contributed by atoms with Crippen LogP contribution in [0.3, 0.4) is 0 Å².